The molecule has 5 atom stereocenters. The van der Waals surface area contributed by atoms with Crippen molar-refractivity contribution < 1.29 is 23.8 Å². The second-order valence-electron chi connectivity index (χ2n) is 8.51. The van der Waals surface area contributed by atoms with Crippen molar-refractivity contribution in [2.75, 3.05) is 32.6 Å². The van der Waals surface area contributed by atoms with Gasteiger partial charge in [-0.05, 0) is 37.9 Å². The summed E-state index contributed by atoms with van der Waals surface area (Å²) in [5.41, 5.74) is 1.88. The number of nitrogens with zero attached hydrogens (tertiary/aromatic N) is 1. The van der Waals surface area contributed by atoms with Crippen LogP contribution < -0.4 is 10.1 Å². The lowest BCUT2D eigenvalue weighted by atomic mass is 9.66. The van der Waals surface area contributed by atoms with E-state index in [-0.39, 0.29) is 35.9 Å². The van der Waals surface area contributed by atoms with Crippen molar-refractivity contribution in [3.8, 4) is 5.75 Å². The van der Waals surface area contributed by atoms with Crippen molar-refractivity contribution in [1.82, 2.24) is 4.90 Å². The van der Waals surface area contributed by atoms with Gasteiger partial charge in [0.1, 0.15) is 5.75 Å². The molecule has 1 amide bonds. The molecule has 0 aliphatic carbocycles. The number of anilines is 1. The minimum Gasteiger partial charge on any atom is -0.497 e. The first-order valence-corrected chi connectivity index (χ1v) is 10.2. The highest BCUT2D eigenvalue weighted by Gasteiger charge is 2.61. The van der Waals surface area contributed by atoms with Gasteiger partial charge in [-0.25, -0.2) is 4.79 Å². The number of nitrogens with one attached hydrogen (secondary N) is 1. The molecule has 4 heterocycles. The van der Waals surface area contributed by atoms with Gasteiger partial charge in [0, 0.05) is 36.2 Å². The molecule has 0 bridgehead atoms. The number of benzene rings is 1. The lowest BCUT2D eigenvalue weighted by Gasteiger charge is -2.48. The number of piperidine rings is 1. The fourth-order valence-corrected chi connectivity index (χ4v) is 5.93. The molecule has 1 aromatic carbocycles. The van der Waals surface area contributed by atoms with E-state index in [0.717, 1.165) is 42.9 Å². The molecular weight excluding hydrogens is 372 g/mol. The Hall–Kier alpha value is -2.54. The molecule has 4 aliphatic rings. The zero-order valence-corrected chi connectivity index (χ0v) is 16.9. The first-order valence-electron chi connectivity index (χ1n) is 10.2. The fourth-order valence-electron chi connectivity index (χ4n) is 5.93. The molecule has 7 nitrogen and oxygen atoms in total. The van der Waals surface area contributed by atoms with Crippen LogP contribution >= 0.6 is 0 Å². The molecule has 154 valence electrons. The Bertz CT molecular complexity index is 912. The van der Waals surface area contributed by atoms with Crippen LogP contribution in [-0.2, 0) is 24.5 Å². The molecule has 29 heavy (non-hydrogen) atoms. The second kappa shape index (κ2) is 6.49. The SMILES string of the molecule is COC(=O)C1=COC(C)[C@H]2CN3CC[C@]4(C(=O)Nc5cc(OC)ccc54)[C@H]3C[C@@H]12. The van der Waals surface area contributed by atoms with E-state index in [4.69, 9.17) is 14.2 Å². The molecule has 4 aliphatic heterocycles. The van der Waals surface area contributed by atoms with Crippen LogP contribution in [0.1, 0.15) is 25.3 Å². The van der Waals surface area contributed by atoms with Crippen LogP contribution in [0.4, 0.5) is 5.69 Å². The Balaban J connectivity index is 1.54. The smallest absolute Gasteiger partial charge is 0.337 e. The molecule has 0 saturated carbocycles. The van der Waals surface area contributed by atoms with Gasteiger partial charge in [-0.2, -0.15) is 0 Å². The molecule has 2 saturated heterocycles. The van der Waals surface area contributed by atoms with Gasteiger partial charge in [0.25, 0.3) is 0 Å². The second-order valence-corrected chi connectivity index (χ2v) is 8.51. The number of amides is 1. The quantitative estimate of drug-likeness (QED) is 0.769. The van der Waals surface area contributed by atoms with Gasteiger partial charge in [0.05, 0.1) is 37.6 Å². The van der Waals surface area contributed by atoms with Crippen molar-refractivity contribution >= 4 is 17.6 Å². The van der Waals surface area contributed by atoms with Gasteiger partial charge in [0.2, 0.25) is 5.91 Å². The van der Waals surface area contributed by atoms with Crippen LogP contribution in [0.5, 0.6) is 5.75 Å². The minimum atomic E-state index is -0.588. The summed E-state index contributed by atoms with van der Waals surface area (Å²) in [4.78, 5) is 28.1. The van der Waals surface area contributed by atoms with Crippen LogP contribution in [0, 0.1) is 11.8 Å². The number of esters is 1. The maximum absolute atomic E-state index is 13.3. The summed E-state index contributed by atoms with van der Waals surface area (Å²) in [6.07, 6.45) is 3.11. The molecule has 2 fully saturated rings. The Morgan fingerprint density at radius 2 is 2.17 bits per heavy atom. The van der Waals surface area contributed by atoms with Crippen molar-refractivity contribution in [2.24, 2.45) is 11.8 Å². The number of hydrogen-bond acceptors (Lipinski definition) is 6. The van der Waals surface area contributed by atoms with Crippen LogP contribution in [0.3, 0.4) is 0 Å². The molecule has 0 radical (unpaired) electrons. The van der Waals surface area contributed by atoms with Gasteiger partial charge < -0.3 is 19.5 Å². The van der Waals surface area contributed by atoms with E-state index < -0.39 is 5.41 Å². The fraction of sp³-hybridized carbons (Fsp3) is 0.545. The number of rotatable bonds is 2. The van der Waals surface area contributed by atoms with Crippen molar-refractivity contribution in [2.45, 2.75) is 37.3 Å². The maximum Gasteiger partial charge on any atom is 0.337 e. The standard InChI is InChI=1S/C22H26N2O5/c1-12-15-10-24-7-6-22(17-5-4-13(27-2)8-18(17)23-21(22)26)19(24)9-14(15)16(11-29-12)20(25)28-3/h4-5,8,11-12,14-15,19H,6-7,9-10H2,1-3H3,(H,23,26)/t12?,14-,15-,19-,22-/m1/s1. The molecule has 5 rings (SSSR count). The van der Waals surface area contributed by atoms with Crippen LogP contribution in [0.25, 0.3) is 0 Å². The Morgan fingerprint density at radius 3 is 2.93 bits per heavy atom. The zero-order chi connectivity index (χ0) is 20.3. The first kappa shape index (κ1) is 18.5. The molecule has 1 N–H and O–H groups in total. The predicted octanol–water partition coefficient (Wildman–Crippen LogP) is 2.07. The average molecular weight is 398 g/mol. The highest BCUT2D eigenvalue weighted by Crippen LogP contribution is 2.54. The average Bonchev–Trinajstić information content (AvgIpc) is 3.25. The van der Waals surface area contributed by atoms with Crippen LogP contribution in [0.15, 0.2) is 30.0 Å². The molecule has 1 unspecified atom stereocenters. The number of hydrogen-bond donors (Lipinski definition) is 1. The third-order valence-corrected chi connectivity index (χ3v) is 7.44. The summed E-state index contributed by atoms with van der Waals surface area (Å²) in [5.74, 6) is 0.676. The summed E-state index contributed by atoms with van der Waals surface area (Å²) < 4.78 is 16.1. The van der Waals surface area contributed by atoms with E-state index >= 15 is 0 Å². The Morgan fingerprint density at radius 1 is 1.34 bits per heavy atom. The first-order chi connectivity index (χ1) is 14.0. The number of carbonyl (C=O) groups excluding carboxylic acids is 2. The van der Waals surface area contributed by atoms with E-state index in [1.165, 1.54) is 7.11 Å². The minimum absolute atomic E-state index is 0.0255. The third kappa shape index (κ3) is 2.46. The predicted molar refractivity (Wildman–Crippen MR) is 106 cm³/mol. The van der Waals surface area contributed by atoms with Crippen LogP contribution in [0.2, 0.25) is 0 Å². The third-order valence-electron chi connectivity index (χ3n) is 7.44. The van der Waals surface area contributed by atoms with Crippen molar-refractivity contribution in [3.05, 3.63) is 35.6 Å². The van der Waals surface area contributed by atoms with E-state index in [0.29, 0.717) is 5.57 Å². The number of fused-ring (bicyclic) bond motifs is 5. The van der Waals surface area contributed by atoms with E-state index in [9.17, 15) is 9.59 Å². The largest absolute Gasteiger partial charge is 0.497 e. The lowest BCUT2D eigenvalue weighted by molar-refractivity contribution is -0.139. The summed E-state index contributed by atoms with van der Waals surface area (Å²) in [6.45, 7) is 3.72. The number of ether oxygens (including phenoxy) is 3. The number of methoxy groups -OCH3 is 2. The van der Waals surface area contributed by atoms with Crippen LogP contribution in [-0.4, -0.2) is 56.2 Å². The lowest BCUT2D eigenvalue weighted by Crippen LogP contribution is -2.56. The molecule has 0 aromatic heterocycles. The molecular formula is C22H26N2O5. The molecule has 7 heteroatoms. The normalized spacial score (nSPS) is 35.1. The Kier molecular flexibility index (Phi) is 4.13. The Labute approximate surface area is 170 Å². The summed E-state index contributed by atoms with van der Waals surface area (Å²) in [6, 6.07) is 5.88. The highest BCUT2D eigenvalue weighted by molar-refractivity contribution is 6.07. The van der Waals surface area contributed by atoms with Gasteiger partial charge in [-0.15, -0.1) is 0 Å². The topological polar surface area (TPSA) is 77.1 Å². The van der Waals surface area contributed by atoms with Gasteiger partial charge in [-0.1, -0.05) is 6.07 Å². The van der Waals surface area contributed by atoms with Gasteiger partial charge >= 0.3 is 5.97 Å². The van der Waals surface area contributed by atoms with E-state index in [2.05, 4.69) is 17.1 Å². The summed E-state index contributed by atoms with van der Waals surface area (Å²) in [7, 11) is 3.02. The summed E-state index contributed by atoms with van der Waals surface area (Å²) >= 11 is 0. The maximum atomic E-state index is 13.3. The number of carbonyl (C=O) groups is 2. The van der Waals surface area contributed by atoms with Gasteiger partial charge in [-0.3, -0.25) is 9.69 Å². The van der Waals surface area contributed by atoms with Crippen molar-refractivity contribution in [1.29, 1.82) is 0 Å². The highest BCUT2D eigenvalue weighted by atomic mass is 16.5. The molecule has 1 aromatic rings. The zero-order valence-electron chi connectivity index (χ0n) is 16.9. The monoisotopic (exact) mass is 398 g/mol. The van der Waals surface area contributed by atoms with Gasteiger partial charge in [0.15, 0.2) is 0 Å². The summed E-state index contributed by atoms with van der Waals surface area (Å²) in [5, 5.41) is 3.09. The van der Waals surface area contributed by atoms with Crippen molar-refractivity contribution in [3.63, 3.8) is 0 Å². The van der Waals surface area contributed by atoms with E-state index in [1.807, 2.05) is 18.2 Å². The molecule has 1 spiro atoms. The van der Waals surface area contributed by atoms with E-state index in [1.54, 1.807) is 13.4 Å².